The molecule has 3 N–H and O–H groups in total. The maximum atomic E-state index is 12.1. The quantitative estimate of drug-likeness (QED) is 0.817. The molecule has 21 heavy (non-hydrogen) atoms. The number of sulfonamides is 1. The van der Waals surface area contributed by atoms with Gasteiger partial charge in [0.2, 0.25) is 15.9 Å². The van der Waals surface area contributed by atoms with Gasteiger partial charge >= 0.3 is 0 Å². The lowest BCUT2D eigenvalue weighted by molar-refractivity contribution is -0.130. The van der Waals surface area contributed by atoms with E-state index in [2.05, 4.69) is 0 Å². The molecule has 1 aliphatic rings. The molecule has 0 spiro atoms. The molecule has 1 fully saturated rings. The predicted molar refractivity (Wildman–Crippen MR) is 78.8 cm³/mol. The summed E-state index contributed by atoms with van der Waals surface area (Å²) in [5, 5.41) is 13.5. The van der Waals surface area contributed by atoms with Crippen LogP contribution in [0.1, 0.15) is 30.0 Å². The fraction of sp³-hybridized carbons (Fsp3) is 0.500. The Bertz CT molecular complexity index is 612. The number of hydrogen-bond acceptors (Lipinski definition) is 4. The number of aryl methyl sites for hydroxylation is 1. The molecule has 2 rings (SSSR count). The van der Waals surface area contributed by atoms with Gasteiger partial charge in [0.15, 0.2) is 0 Å². The number of aliphatic hydroxyl groups is 1. The smallest absolute Gasteiger partial charge is 0.224 e. The van der Waals surface area contributed by atoms with Gasteiger partial charge in [0.05, 0.1) is 6.04 Å². The Hall–Kier alpha value is -1.44. The highest BCUT2D eigenvalue weighted by Crippen LogP contribution is 2.30. The summed E-state index contributed by atoms with van der Waals surface area (Å²) in [5.41, 5.74) is 1.98. The SMILES string of the molecule is Cc1ccc(C(CCO)N2CC(S(N)(=O)=O)CC2=O)cc1. The third-order valence-electron chi connectivity index (χ3n) is 3.83. The Balaban J connectivity index is 2.26. The van der Waals surface area contributed by atoms with E-state index in [0.29, 0.717) is 6.42 Å². The first-order valence-corrected chi connectivity index (χ1v) is 8.42. The van der Waals surface area contributed by atoms with Gasteiger partial charge in [-0.2, -0.15) is 0 Å². The van der Waals surface area contributed by atoms with E-state index in [1.165, 1.54) is 4.90 Å². The van der Waals surface area contributed by atoms with E-state index in [1.54, 1.807) is 0 Å². The summed E-state index contributed by atoms with van der Waals surface area (Å²) in [5.74, 6) is -0.243. The first-order valence-electron chi connectivity index (χ1n) is 6.81. The molecule has 0 aromatic heterocycles. The van der Waals surface area contributed by atoms with Gasteiger partial charge in [0.25, 0.3) is 0 Å². The summed E-state index contributed by atoms with van der Waals surface area (Å²) in [4.78, 5) is 13.6. The van der Waals surface area contributed by atoms with Crippen molar-refractivity contribution in [3.8, 4) is 0 Å². The predicted octanol–water partition coefficient (Wildman–Crippen LogP) is 0.308. The van der Waals surface area contributed by atoms with E-state index in [9.17, 15) is 18.3 Å². The van der Waals surface area contributed by atoms with Crippen LogP contribution >= 0.6 is 0 Å². The molecule has 0 radical (unpaired) electrons. The van der Waals surface area contributed by atoms with E-state index >= 15 is 0 Å². The van der Waals surface area contributed by atoms with Crippen LogP contribution in [0.25, 0.3) is 0 Å². The summed E-state index contributed by atoms with van der Waals surface area (Å²) in [6.07, 6.45) is 0.277. The zero-order valence-electron chi connectivity index (χ0n) is 11.9. The standard InChI is InChI=1S/C14H20N2O4S/c1-10-2-4-11(5-3-10)13(6-7-17)16-9-12(8-14(16)18)21(15,19)20/h2-5,12-13,17H,6-9H2,1H3,(H2,15,19,20). The van der Waals surface area contributed by atoms with Crippen molar-refractivity contribution >= 4 is 15.9 Å². The van der Waals surface area contributed by atoms with E-state index in [-0.39, 0.29) is 31.5 Å². The molecule has 0 saturated carbocycles. The lowest BCUT2D eigenvalue weighted by Gasteiger charge is -2.28. The molecule has 0 aliphatic carbocycles. The molecular weight excluding hydrogens is 292 g/mol. The highest BCUT2D eigenvalue weighted by atomic mass is 32.2. The molecule has 2 unspecified atom stereocenters. The summed E-state index contributed by atoms with van der Waals surface area (Å²) in [6, 6.07) is 7.32. The molecule has 6 nitrogen and oxygen atoms in total. The maximum absolute atomic E-state index is 12.1. The number of rotatable bonds is 5. The summed E-state index contributed by atoms with van der Waals surface area (Å²) in [7, 11) is -3.73. The van der Waals surface area contributed by atoms with Gasteiger partial charge in [-0.1, -0.05) is 29.8 Å². The first kappa shape index (κ1) is 15.9. The number of hydrogen-bond donors (Lipinski definition) is 2. The minimum absolute atomic E-state index is 0.0796. The Morgan fingerprint density at radius 3 is 2.48 bits per heavy atom. The van der Waals surface area contributed by atoms with Crippen LogP contribution in [0.4, 0.5) is 0 Å². The number of nitrogens with zero attached hydrogens (tertiary/aromatic N) is 1. The van der Waals surface area contributed by atoms with Crippen molar-refractivity contribution in [3.05, 3.63) is 35.4 Å². The van der Waals surface area contributed by atoms with Crippen molar-refractivity contribution in [2.75, 3.05) is 13.2 Å². The van der Waals surface area contributed by atoms with Gasteiger partial charge < -0.3 is 10.0 Å². The fourth-order valence-corrected chi connectivity index (χ4v) is 3.38. The van der Waals surface area contributed by atoms with Crippen LogP contribution in [-0.2, 0) is 14.8 Å². The fourth-order valence-electron chi connectivity index (χ4n) is 2.63. The second-order valence-corrected chi connectivity index (χ2v) is 7.24. The molecule has 1 amide bonds. The Morgan fingerprint density at radius 2 is 2.00 bits per heavy atom. The Morgan fingerprint density at radius 1 is 1.38 bits per heavy atom. The van der Waals surface area contributed by atoms with Crippen molar-refractivity contribution in [2.45, 2.75) is 31.1 Å². The van der Waals surface area contributed by atoms with E-state index in [0.717, 1.165) is 11.1 Å². The number of primary sulfonamides is 1. The number of benzene rings is 1. The molecule has 1 aliphatic heterocycles. The molecule has 1 aromatic carbocycles. The molecule has 1 aromatic rings. The average molecular weight is 312 g/mol. The van der Waals surface area contributed by atoms with Gasteiger partial charge in [0, 0.05) is 19.6 Å². The van der Waals surface area contributed by atoms with Crippen molar-refractivity contribution in [3.63, 3.8) is 0 Å². The van der Waals surface area contributed by atoms with Gasteiger partial charge in [-0.15, -0.1) is 0 Å². The van der Waals surface area contributed by atoms with Crippen molar-refractivity contribution in [1.82, 2.24) is 4.90 Å². The Kier molecular flexibility index (Phi) is 4.65. The van der Waals surface area contributed by atoms with Crippen LogP contribution < -0.4 is 5.14 Å². The second-order valence-electron chi connectivity index (χ2n) is 5.40. The number of amides is 1. The summed E-state index contributed by atoms with van der Waals surface area (Å²) in [6.45, 7) is 1.96. The molecular formula is C14H20N2O4S. The third-order valence-corrected chi connectivity index (χ3v) is 5.07. The minimum atomic E-state index is -3.73. The number of likely N-dealkylation sites (tertiary alicyclic amines) is 1. The summed E-state index contributed by atoms with van der Waals surface area (Å²) >= 11 is 0. The average Bonchev–Trinajstić information content (AvgIpc) is 2.79. The Labute approximate surface area is 124 Å². The number of carbonyl (C=O) groups is 1. The second kappa shape index (κ2) is 6.13. The molecule has 7 heteroatoms. The van der Waals surface area contributed by atoms with Crippen LogP contribution in [0.15, 0.2) is 24.3 Å². The lowest BCUT2D eigenvalue weighted by Crippen LogP contribution is -2.34. The van der Waals surface area contributed by atoms with Crippen LogP contribution in [0, 0.1) is 6.92 Å². The topological polar surface area (TPSA) is 101 Å². The van der Waals surface area contributed by atoms with Crippen LogP contribution in [0.2, 0.25) is 0 Å². The zero-order chi connectivity index (χ0) is 15.6. The molecule has 1 heterocycles. The zero-order valence-corrected chi connectivity index (χ0v) is 12.7. The van der Waals surface area contributed by atoms with Crippen LogP contribution in [-0.4, -0.2) is 42.7 Å². The monoisotopic (exact) mass is 312 g/mol. The van der Waals surface area contributed by atoms with Gasteiger partial charge in [-0.3, -0.25) is 4.79 Å². The van der Waals surface area contributed by atoms with Crippen molar-refractivity contribution < 1.29 is 18.3 Å². The molecule has 116 valence electrons. The van der Waals surface area contributed by atoms with Gasteiger partial charge in [0.1, 0.15) is 5.25 Å². The van der Waals surface area contributed by atoms with Crippen molar-refractivity contribution in [2.24, 2.45) is 5.14 Å². The van der Waals surface area contributed by atoms with E-state index < -0.39 is 15.3 Å². The van der Waals surface area contributed by atoms with Crippen molar-refractivity contribution in [1.29, 1.82) is 0 Å². The third kappa shape index (κ3) is 3.61. The molecule has 2 atom stereocenters. The highest BCUT2D eigenvalue weighted by molar-refractivity contribution is 7.89. The number of aliphatic hydroxyl groups excluding tert-OH is 1. The van der Waals surface area contributed by atoms with Crippen LogP contribution in [0.3, 0.4) is 0 Å². The number of nitrogens with two attached hydrogens (primary N) is 1. The van der Waals surface area contributed by atoms with E-state index in [1.807, 2.05) is 31.2 Å². The van der Waals surface area contributed by atoms with Gasteiger partial charge in [-0.25, -0.2) is 13.6 Å². The maximum Gasteiger partial charge on any atom is 0.224 e. The van der Waals surface area contributed by atoms with Crippen LogP contribution in [0.5, 0.6) is 0 Å². The minimum Gasteiger partial charge on any atom is -0.396 e. The van der Waals surface area contributed by atoms with Gasteiger partial charge in [-0.05, 0) is 18.9 Å². The highest BCUT2D eigenvalue weighted by Gasteiger charge is 2.39. The largest absolute Gasteiger partial charge is 0.396 e. The lowest BCUT2D eigenvalue weighted by atomic mass is 10.0. The molecule has 0 bridgehead atoms. The first-order chi connectivity index (χ1) is 9.82. The van der Waals surface area contributed by atoms with E-state index in [4.69, 9.17) is 5.14 Å². The normalized spacial score (nSPS) is 20.8. The molecule has 1 saturated heterocycles. The number of carbonyl (C=O) groups excluding carboxylic acids is 1. The summed E-state index contributed by atoms with van der Waals surface area (Å²) < 4.78 is 22.9.